The smallest absolute Gasteiger partial charge is 0.317 e. The van der Waals surface area contributed by atoms with Crippen LogP contribution in [-0.4, -0.2) is 58.9 Å². The van der Waals surface area contributed by atoms with Gasteiger partial charge >= 0.3 is 6.03 Å². The van der Waals surface area contributed by atoms with Crippen LogP contribution in [-0.2, 0) is 11.2 Å². The van der Waals surface area contributed by atoms with Gasteiger partial charge in [0.2, 0.25) is 11.9 Å². The molecule has 4 rings (SSSR count). The number of guanidine groups is 1. The molecule has 0 spiro atoms. The molecule has 0 radical (unpaired) electrons. The Hall–Kier alpha value is -3.02. The first-order chi connectivity index (χ1) is 19.1. The van der Waals surface area contributed by atoms with E-state index >= 15 is 0 Å². The second kappa shape index (κ2) is 13.6. The van der Waals surface area contributed by atoms with Crippen molar-refractivity contribution in [1.29, 1.82) is 0 Å². The van der Waals surface area contributed by atoms with Gasteiger partial charge in [-0.2, -0.15) is 0 Å². The maximum atomic E-state index is 12.1. The molecule has 2 aromatic rings. The van der Waals surface area contributed by atoms with Crippen LogP contribution in [0.3, 0.4) is 0 Å². The lowest BCUT2D eigenvalue weighted by atomic mass is 9.79. The molecule has 2 aliphatic rings. The van der Waals surface area contributed by atoms with Crippen molar-refractivity contribution in [3.05, 3.63) is 39.1 Å². The zero-order valence-electron chi connectivity index (χ0n) is 22.2. The minimum Gasteiger partial charge on any atom is -0.369 e. The number of benzene rings is 1. The zero-order chi connectivity index (χ0) is 28.8. The van der Waals surface area contributed by atoms with E-state index in [2.05, 4.69) is 25.9 Å². The van der Waals surface area contributed by atoms with E-state index in [4.69, 9.17) is 51.3 Å². The number of aliphatic imine (C=N–C) groups is 1. The molecular weight excluding hydrogens is 577 g/mol. The Balaban J connectivity index is 1.55. The number of hydrogen-bond donors (Lipinski definition) is 5. The van der Waals surface area contributed by atoms with Gasteiger partial charge in [-0.3, -0.25) is 4.79 Å². The molecule has 11 nitrogen and oxygen atoms in total. The Bertz CT molecular complexity index is 1240. The number of hydrogen-bond acceptors (Lipinski definition) is 6. The number of likely N-dealkylation sites (tertiary alicyclic amines) is 1. The van der Waals surface area contributed by atoms with Crippen LogP contribution in [0.1, 0.15) is 44.2 Å². The Morgan fingerprint density at radius 2 is 1.80 bits per heavy atom. The molecule has 3 amide bonds. The zero-order valence-corrected chi connectivity index (χ0v) is 24.5. The number of nitrogens with two attached hydrogens (primary N) is 2. The highest BCUT2D eigenvalue weighted by atomic mass is 35.5. The van der Waals surface area contributed by atoms with Crippen LogP contribution in [0, 0.1) is 11.8 Å². The first-order valence-corrected chi connectivity index (χ1v) is 14.4. The van der Waals surface area contributed by atoms with Crippen molar-refractivity contribution in [3.8, 4) is 0 Å². The molecule has 216 valence electrons. The van der Waals surface area contributed by atoms with Crippen molar-refractivity contribution in [1.82, 2.24) is 20.2 Å². The van der Waals surface area contributed by atoms with Crippen LogP contribution in [0.2, 0.25) is 15.1 Å². The third-order valence-electron chi connectivity index (χ3n) is 7.33. The van der Waals surface area contributed by atoms with Crippen molar-refractivity contribution >= 4 is 70.0 Å². The molecule has 1 saturated carbocycles. The number of aromatic nitrogens is 2. The summed E-state index contributed by atoms with van der Waals surface area (Å²) in [5.41, 5.74) is 13.4. The quantitative estimate of drug-likeness (QED) is 0.227. The highest BCUT2D eigenvalue weighted by molar-refractivity contribution is 6.41. The van der Waals surface area contributed by atoms with Gasteiger partial charge in [0.15, 0.2) is 5.96 Å². The lowest BCUT2D eigenvalue weighted by Crippen LogP contribution is -2.48. The van der Waals surface area contributed by atoms with Crippen LogP contribution in [0.25, 0.3) is 0 Å². The Morgan fingerprint density at radius 3 is 2.45 bits per heavy atom. The van der Waals surface area contributed by atoms with E-state index < -0.39 is 0 Å². The van der Waals surface area contributed by atoms with Gasteiger partial charge in [0, 0.05) is 37.1 Å². The lowest BCUT2D eigenvalue weighted by Gasteiger charge is -2.33. The van der Waals surface area contributed by atoms with Crippen molar-refractivity contribution in [3.63, 3.8) is 0 Å². The van der Waals surface area contributed by atoms with Gasteiger partial charge in [-0.05, 0) is 63.0 Å². The minimum absolute atomic E-state index is 0.0181. The van der Waals surface area contributed by atoms with E-state index in [-0.39, 0.29) is 39.9 Å². The fraction of sp³-hybridized carbons (Fsp3) is 0.500. The average Bonchev–Trinajstić information content (AvgIpc) is 2.92. The molecule has 2 heterocycles. The number of amides is 3. The summed E-state index contributed by atoms with van der Waals surface area (Å²) < 4.78 is 0. The van der Waals surface area contributed by atoms with Crippen molar-refractivity contribution < 1.29 is 9.59 Å². The number of rotatable bonds is 7. The predicted molar refractivity (Wildman–Crippen MR) is 159 cm³/mol. The predicted octanol–water partition coefficient (Wildman–Crippen LogP) is 4.55. The molecule has 1 aromatic heterocycles. The van der Waals surface area contributed by atoms with Gasteiger partial charge < -0.3 is 32.3 Å². The number of carbonyl (C=O) groups is 2. The maximum absolute atomic E-state index is 12.1. The number of primary amides is 1. The molecular formula is C26H34Cl3N9O2. The van der Waals surface area contributed by atoms with E-state index in [1.165, 1.54) is 12.1 Å². The third-order valence-corrected chi connectivity index (χ3v) is 8.13. The van der Waals surface area contributed by atoms with E-state index in [1.807, 2.05) is 0 Å². The fourth-order valence-corrected chi connectivity index (χ4v) is 6.12. The van der Waals surface area contributed by atoms with Crippen molar-refractivity contribution in [2.75, 3.05) is 30.8 Å². The van der Waals surface area contributed by atoms with Crippen LogP contribution < -0.4 is 27.4 Å². The Kier molecular flexibility index (Phi) is 10.2. The number of carbonyl (C=O) groups excluding carboxylic acids is 2. The first-order valence-electron chi connectivity index (χ1n) is 13.3. The molecule has 7 N–H and O–H groups in total. The monoisotopic (exact) mass is 609 g/mol. The summed E-state index contributed by atoms with van der Waals surface area (Å²) in [4.78, 5) is 39.2. The normalized spacial score (nSPS) is 21.6. The van der Waals surface area contributed by atoms with Crippen molar-refractivity contribution in [2.45, 2.75) is 51.0 Å². The number of urea groups is 1. The Labute approximate surface area is 248 Å². The standard InChI is InChI=1S/C26H34Cl3N9O2/c1-32-26(40)38-8-2-3-17(13-38)34-25-33-12-21(20(36-25)9-14-4-6-15(7-5-14)23(30)39)35-24(31)37-22-18(28)10-16(27)11-19(22)29/h10-12,14-15,17H,2-9,13H2,1H3,(H2,30,39)(H,32,40)(H3,31,35,37)(H,33,34,36)/t14?,15?,17-/m1/s1. The van der Waals surface area contributed by atoms with Gasteiger partial charge in [-0.1, -0.05) is 34.8 Å². The topological polar surface area (TPSA) is 164 Å². The van der Waals surface area contributed by atoms with E-state index in [0.29, 0.717) is 47.8 Å². The lowest BCUT2D eigenvalue weighted by molar-refractivity contribution is -0.122. The molecule has 1 aliphatic carbocycles. The number of nitrogens with zero attached hydrogens (tertiary/aromatic N) is 4. The number of nitrogens with one attached hydrogen (secondary N) is 3. The summed E-state index contributed by atoms with van der Waals surface area (Å²) in [5, 5.41) is 10.1. The number of halogens is 3. The SMILES string of the molecule is CNC(=O)N1CCC[C@@H](Nc2ncc(NC(N)=Nc3c(Cl)cc(Cl)cc3Cl)c(CC3CCC(C(N)=O)CC3)n2)C1. The Morgan fingerprint density at radius 1 is 1.10 bits per heavy atom. The van der Waals surface area contributed by atoms with Gasteiger partial charge in [0.25, 0.3) is 0 Å². The highest BCUT2D eigenvalue weighted by Crippen LogP contribution is 2.36. The van der Waals surface area contributed by atoms with Crippen LogP contribution >= 0.6 is 34.8 Å². The molecule has 40 heavy (non-hydrogen) atoms. The highest BCUT2D eigenvalue weighted by Gasteiger charge is 2.27. The molecule has 1 saturated heterocycles. The summed E-state index contributed by atoms with van der Waals surface area (Å²) in [6.45, 7) is 1.26. The molecule has 0 bridgehead atoms. The number of anilines is 2. The summed E-state index contributed by atoms with van der Waals surface area (Å²) in [7, 11) is 1.63. The molecule has 1 aromatic carbocycles. The van der Waals surface area contributed by atoms with E-state index in [9.17, 15) is 9.59 Å². The molecule has 1 aliphatic heterocycles. The van der Waals surface area contributed by atoms with E-state index in [0.717, 1.165) is 44.2 Å². The maximum Gasteiger partial charge on any atom is 0.317 e. The average molecular weight is 611 g/mol. The van der Waals surface area contributed by atoms with Crippen LogP contribution in [0.4, 0.5) is 22.1 Å². The van der Waals surface area contributed by atoms with Crippen molar-refractivity contribution in [2.24, 2.45) is 28.3 Å². The number of piperidine rings is 1. The molecule has 0 unspecified atom stereocenters. The minimum atomic E-state index is -0.240. The largest absolute Gasteiger partial charge is 0.369 e. The van der Waals surface area contributed by atoms with Gasteiger partial charge in [0.05, 0.1) is 27.6 Å². The second-order valence-electron chi connectivity index (χ2n) is 10.2. The molecule has 14 heteroatoms. The van der Waals surface area contributed by atoms with Crippen LogP contribution in [0.5, 0.6) is 0 Å². The third kappa shape index (κ3) is 7.80. The summed E-state index contributed by atoms with van der Waals surface area (Å²) in [5.74, 6) is 0.520. The molecule has 2 fully saturated rings. The van der Waals surface area contributed by atoms with E-state index in [1.54, 1.807) is 18.1 Å². The van der Waals surface area contributed by atoms with Gasteiger partial charge in [-0.15, -0.1) is 0 Å². The summed E-state index contributed by atoms with van der Waals surface area (Å²) in [6, 6.07) is 2.99. The fourth-order valence-electron chi connectivity index (χ4n) is 5.22. The first kappa shape index (κ1) is 30.0. The molecule has 1 atom stereocenters. The van der Waals surface area contributed by atoms with Gasteiger partial charge in [-0.25, -0.2) is 19.8 Å². The summed E-state index contributed by atoms with van der Waals surface area (Å²) >= 11 is 18.6. The van der Waals surface area contributed by atoms with Gasteiger partial charge in [0.1, 0.15) is 5.69 Å². The van der Waals surface area contributed by atoms with Crippen LogP contribution in [0.15, 0.2) is 23.3 Å². The second-order valence-corrected chi connectivity index (χ2v) is 11.5. The summed E-state index contributed by atoms with van der Waals surface area (Å²) in [6.07, 6.45) is 7.32.